The van der Waals surface area contributed by atoms with Crippen LogP contribution in [-0.4, -0.2) is 63.1 Å². The first-order valence-electron chi connectivity index (χ1n) is 11.4. The first-order chi connectivity index (χ1) is 16.0. The van der Waals surface area contributed by atoms with E-state index in [1.165, 1.54) is 11.1 Å². The number of fused-ring (bicyclic) bond motifs is 2. The molecule has 1 N–H and O–H groups in total. The van der Waals surface area contributed by atoms with Crippen LogP contribution in [0.2, 0.25) is 0 Å². The number of likely N-dealkylation sites (tertiary alicyclic amines) is 1. The minimum absolute atomic E-state index is 0.0290. The molecule has 1 aromatic carbocycles. The number of nitrogens with one attached hydrogen (secondary N) is 1. The summed E-state index contributed by atoms with van der Waals surface area (Å²) in [6, 6.07) is 8.65. The normalized spacial score (nSPS) is 25.2. The summed E-state index contributed by atoms with van der Waals surface area (Å²) in [5.41, 5.74) is 3.79. The van der Waals surface area contributed by atoms with Crippen molar-refractivity contribution in [1.29, 1.82) is 0 Å². The van der Waals surface area contributed by atoms with Crippen LogP contribution >= 0.6 is 15.9 Å². The van der Waals surface area contributed by atoms with Gasteiger partial charge in [-0.3, -0.25) is 9.20 Å². The zero-order chi connectivity index (χ0) is 22.6. The molecular formula is C24H26BrN5O3. The van der Waals surface area contributed by atoms with E-state index in [1.807, 2.05) is 4.90 Å². The Hall–Kier alpha value is -2.49. The maximum Gasteiger partial charge on any atom is 0.274 e. The van der Waals surface area contributed by atoms with Crippen molar-refractivity contribution in [2.24, 2.45) is 5.92 Å². The van der Waals surface area contributed by atoms with Crippen molar-refractivity contribution in [3.05, 3.63) is 58.1 Å². The number of hydrogen-bond donors (Lipinski definition) is 1. The highest BCUT2D eigenvalue weighted by molar-refractivity contribution is 9.10. The van der Waals surface area contributed by atoms with Crippen LogP contribution in [0.4, 0.5) is 0 Å². The summed E-state index contributed by atoms with van der Waals surface area (Å²) in [6.45, 7) is 5.62. The maximum atomic E-state index is 13.4. The molecular weight excluding hydrogens is 486 g/mol. The smallest absolute Gasteiger partial charge is 0.274 e. The van der Waals surface area contributed by atoms with Crippen molar-refractivity contribution in [1.82, 2.24) is 24.6 Å². The zero-order valence-electron chi connectivity index (χ0n) is 18.5. The quantitative estimate of drug-likeness (QED) is 0.582. The van der Waals surface area contributed by atoms with Gasteiger partial charge in [-0.15, -0.1) is 0 Å². The van der Waals surface area contributed by atoms with Gasteiger partial charge in [0.15, 0.2) is 0 Å². The second-order valence-electron chi connectivity index (χ2n) is 9.36. The highest BCUT2D eigenvalue weighted by Gasteiger charge is 2.43. The fourth-order valence-electron chi connectivity index (χ4n) is 5.19. The summed E-state index contributed by atoms with van der Waals surface area (Å²) in [5.74, 6) is 0.687. The lowest BCUT2D eigenvalue weighted by molar-refractivity contribution is -0.0809. The lowest BCUT2D eigenvalue weighted by Crippen LogP contribution is -2.62. The van der Waals surface area contributed by atoms with Gasteiger partial charge in [0.2, 0.25) is 5.65 Å². The van der Waals surface area contributed by atoms with E-state index >= 15 is 0 Å². The number of rotatable bonds is 3. The molecule has 9 heteroatoms. The fourth-order valence-corrected chi connectivity index (χ4v) is 5.57. The van der Waals surface area contributed by atoms with E-state index in [4.69, 9.17) is 9.47 Å². The molecule has 5 heterocycles. The highest BCUT2D eigenvalue weighted by atomic mass is 79.9. The van der Waals surface area contributed by atoms with Crippen LogP contribution in [0.5, 0.6) is 5.88 Å². The molecule has 1 amide bonds. The molecule has 0 aliphatic carbocycles. The van der Waals surface area contributed by atoms with Crippen molar-refractivity contribution in [3.63, 3.8) is 0 Å². The van der Waals surface area contributed by atoms with Gasteiger partial charge in [0.05, 0.1) is 13.2 Å². The molecule has 2 atom stereocenters. The minimum Gasteiger partial charge on any atom is -0.467 e. The van der Waals surface area contributed by atoms with Gasteiger partial charge in [0, 0.05) is 37.6 Å². The van der Waals surface area contributed by atoms with Crippen molar-refractivity contribution in [2.75, 3.05) is 26.3 Å². The lowest BCUT2D eigenvalue weighted by atomic mass is 9.72. The number of ether oxygens (including phenoxy) is 2. The van der Waals surface area contributed by atoms with E-state index < -0.39 is 0 Å². The summed E-state index contributed by atoms with van der Waals surface area (Å²) >= 11 is 3.42. The standard InChI is InChI=1S/C24H26BrN5O3/c1-15-10-29(7-6-24(15)8-16-4-2-3-5-17(16)9-26-24)23(31)19-11-30-12-20(25)28-22(21(30)27-19)33-18-13-32-14-18/h2-5,11-12,15,18,26H,6-10,13-14H2,1H3/t15-,24+/m1/s1. The van der Waals surface area contributed by atoms with Crippen molar-refractivity contribution in [2.45, 2.75) is 38.0 Å². The summed E-state index contributed by atoms with van der Waals surface area (Å²) in [4.78, 5) is 24.4. The van der Waals surface area contributed by atoms with E-state index in [1.54, 1.807) is 16.8 Å². The number of piperidine rings is 1. The van der Waals surface area contributed by atoms with Gasteiger partial charge < -0.3 is 19.7 Å². The summed E-state index contributed by atoms with van der Waals surface area (Å²) in [5, 5.41) is 3.81. The van der Waals surface area contributed by atoms with Gasteiger partial charge >= 0.3 is 0 Å². The predicted molar refractivity (Wildman–Crippen MR) is 125 cm³/mol. The third-order valence-corrected chi connectivity index (χ3v) is 7.67. The van der Waals surface area contributed by atoms with Crippen LogP contribution < -0.4 is 10.1 Å². The van der Waals surface area contributed by atoms with Crippen LogP contribution in [0.25, 0.3) is 5.65 Å². The fraction of sp³-hybridized carbons (Fsp3) is 0.458. The number of carbonyl (C=O) groups excluding carboxylic acids is 1. The summed E-state index contributed by atoms with van der Waals surface area (Å²) in [6.07, 6.45) is 5.45. The first-order valence-corrected chi connectivity index (χ1v) is 12.2. The monoisotopic (exact) mass is 511 g/mol. The number of amides is 1. The minimum atomic E-state index is -0.0503. The molecule has 1 spiro atoms. The van der Waals surface area contributed by atoms with Crippen LogP contribution in [0, 0.1) is 5.92 Å². The van der Waals surface area contributed by atoms with Gasteiger partial charge in [-0.2, -0.15) is 0 Å². The molecule has 3 aliphatic heterocycles. The van der Waals surface area contributed by atoms with Crippen LogP contribution in [0.15, 0.2) is 41.3 Å². The van der Waals surface area contributed by atoms with Gasteiger partial charge in [0.25, 0.3) is 11.8 Å². The molecule has 0 saturated carbocycles. The molecule has 0 bridgehead atoms. The zero-order valence-corrected chi connectivity index (χ0v) is 20.0. The molecule has 0 radical (unpaired) electrons. The van der Waals surface area contributed by atoms with Crippen LogP contribution in [0.1, 0.15) is 35.0 Å². The molecule has 172 valence electrons. The average molecular weight is 512 g/mol. The molecule has 8 nitrogen and oxygen atoms in total. The molecule has 33 heavy (non-hydrogen) atoms. The van der Waals surface area contributed by atoms with E-state index in [2.05, 4.69) is 62.4 Å². The van der Waals surface area contributed by atoms with E-state index in [0.717, 1.165) is 19.4 Å². The third-order valence-electron chi connectivity index (χ3n) is 7.29. The van der Waals surface area contributed by atoms with Crippen LogP contribution in [0.3, 0.4) is 0 Å². The van der Waals surface area contributed by atoms with E-state index in [-0.39, 0.29) is 17.6 Å². The SMILES string of the molecule is C[C@@H]1CN(C(=O)c2cn3cc(Br)nc(OC4COC4)c3n2)CC[C@]12Cc1ccccc1CN2. The number of halogens is 1. The van der Waals surface area contributed by atoms with E-state index in [0.29, 0.717) is 54.0 Å². The Kier molecular flexibility index (Phi) is 5.15. The Morgan fingerprint density at radius 1 is 1.24 bits per heavy atom. The third kappa shape index (κ3) is 3.72. The molecule has 2 saturated heterocycles. The Morgan fingerprint density at radius 3 is 2.82 bits per heavy atom. The van der Waals surface area contributed by atoms with Crippen molar-refractivity contribution >= 4 is 27.5 Å². The number of carbonyl (C=O) groups is 1. The lowest BCUT2D eigenvalue weighted by Gasteiger charge is -2.49. The summed E-state index contributed by atoms with van der Waals surface area (Å²) in [7, 11) is 0. The Bertz CT molecular complexity index is 1230. The van der Waals surface area contributed by atoms with E-state index in [9.17, 15) is 4.79 Å². The maximum absolute atomic E-state index is 13.4. The number of imidazole rings is 1. The Balaban J connectivity index is 1.21. The average Bonchev–Trinajstić information content (AvgIpc) is 3.21. The highest BCUT2D eigenvalue weighted by Crippen LogP contribution is 2.36. The number of hydrogen-bond acceptors (Lipinski definition) is 6. The largest absolute Gasteiger partial charge is 0.467 e. The molecule has 3 aliphatic rings. The second kappa shape index (κ2) is 8.07. The van der Waals surface area contributed by atoms with Gasteiger partial charge in [0.1, 0.15) is 16.4 Å². The van der Waals surface area contributed by atoms with Crippen molar-refractivity contribution < 1.29 is 14.3 Å². The second-order valence-corrected chi connectivity index (χ2v) is 10.2. The molecule has 2 fully saturated rings. The van der Waals surface area contributed by atoms with Crippen molar-refractivity contribution in [3.8, 4) is 5.88 Å². The van der Waals surface area contributed by atoms with Gasteiger partial charge in [-0.25, -0.2) is 9.97 Å². The summed E-state index contributed by atoms with van der Waals surface area (Å²) < 4.78 is 13.5. The predicted octanol–water partition coefficient (Wildman–Crippen LogP) is 2.84. The number of aromatic nitrogens is 3. The topological polar surface area (TPSA) is 81.0 Å². The van der Waals surface area contributed by atoms with Crippen LogP contribution in [-0.2, 0) is 17.7 Å². The Labute approximate surface area is 200 Å². The molecule has 2 aromatic heterocycles. The van der Waals surface area contributed by atoms with Gasteiger partial charge in [-0.05, 0) is 45.8 Å². The number of benzene rings is 1. The molecule has 6 rings (SSSR count). The number of nitrogens with zero attached hydrogens (tertiary/aromatic N) is 4. The Morgan fingerprint density at radius 2 is 2.06 bits per heavy atom. The molecule has 0 unspecified atom stereocenters. The first kappa shape index (κ1) is 21.1. The van der Waals surface area contributed by atoms with Gasteiger partial charge in [-0.1, -0.05) is 31.2 Å². The molecule has 3 aromatic rings.